The van der Waals surface area contributed by atoms with Gasteiger partial charge >= 0.3 is 28.5 Å². The number of hydrogen-bond donors (Lipinski definition) is 6. The van der Waals surface area contributed by atoms with Gasteiger partial charge in [-0.3, -0.25) is 43.5 Å². The van der Waals surface area contributed by atoms with Gasteiger partial charge in [0.05, 0.1) is 81.8 Å². The second-order valence-corrected chi connectivity index (χ2v) is 14.8. The molecule has 7 heterocycles. The Morgan fingerprint density at radius 1 is 0.607 bits per heavy atom. The van der Waals surface area contributed by atoms with Crippen molar-refractivity contribution >= 4 is 85.8 Å². The normalized spacial score (nSPS) is 26.4. The van der Waals surface area contributed by atoms with E-state index in [0.717, 1.165) is 25.6 Å². The molecule has 7 aliphatic heterocycles. The molecule has 6 amide bonds. The van der Waals surface area contributed by atoms with Crippen LogP contribution in [0, 0.1) is 11.8 Å². The van der Waals surface area contributed by atoms with Gasteiger partial charge in [-0.25, -0.2) is 0 Å². The van der Waals surface area contributed by atoms with Gasteiger partial charge in [0.15, 0.2) is 0 Å². The molecule has 61 heavy (non-hydrogen) atoms. The molecule has 7 aliphatic rings. The molecule has 4 saturated heterocycles. The number of aliphatic hydroxyl groups excluding tert-OH is 2. The lowest BCUT2D eigenvalue weighted by Crippen LogP contribution is -2.41. The first-order chi connectivity index (χ1) is 29.2. The number of carbonyl (C=O) groups excluding carboxylic acids is 6. The van der Waals surface area contributed by atoms with Gasteiger partial charge in [-0.15, -0.1) is 0 Å². The standard InChI is InChI=1S/C20H18B2N2O8.C11H13NO5.C6H8B2O4/c25-17-5-6-18(26)23(17)9-15-11-29-21(31-15)13-1-2-14(4-3-13)22-30-12-16(32-22)10-24-19(27)7-8-20(24)28;13-4-5(14)3-12-10(15)8-6-1-2-7(17-6)9(8)11(12)16;9-7(10)5-1-2-6(4-3-5)8(11)12/h1-8,15-16H,9-12H2;1-2,5-9,13-14H,3-4H2;1-4,9-12H. The van der Waals surface area contributed by atoms with Crippen LogP contribution in [0.25, 0.3) is 0 Å². The Bertz CT molecular complexity index is 1930. The fourth-order valence-electron chi connectivity index (χ4n) is 7.53. The molecule has 2 aromatic carbocycles. The van der Waals surface area contributed by atoms with Crippen molar-refractivity contribution in [3.05, 3.63) is 85.0 Å². The maximum Gasteiger partial charge on any atom is 0.494 e. The van der Waals surface area contributed by atoms with Gasteiger partial charge in [0.25, 0.3) is 23.6 Å². The molecule has 9 rings (SSSR count). The quantitative estimate of drug-likeness (QED) is 0.0697. The third-order valence-corrected chi connectivity index (χ3v) is 10.7. The number of ether oxygens (including phenoxy) is 1. The topological polar surface area (TPSA) is 280 Å². The molecular weight excluding hydrogens is 802 g/mol. The molecule has 6 N–H and O–H groups in total. The molecular formula is C37H39B4N3O17. The zero-order valence-corrected chi connectivity index (χ0v) is 32.2. The highest BCUT2D eigenvalue weighted by atomic mass is 16.6. The van der Waals surface area contributed by atoms with E-state index in [4.69, 9.17) is 48.6 Å². The second kappa shape index (κ2) is 18.9. The maximum absolute atomic E-state index is 12.0. The number of benzene rings is 2. The van der Waals surface area contributed by atoms with Gasteiger partial charge in [-0.2, -0.15) is 0 Å². The molecule has 7 atom stereocenters. The fourth-order valence-corrected chi connectivity index (χ4v) is 7.53. The number of rotatable bonds is 11. The SMILES string of the molecule is O=C1C2C3C=CC(O3)C2C(=O)N1CC(O)CO.O=C1C=CC(=O)N1CC1COB(c2ccc(B3OCC(CN4C(=O)C=CC4=O)O3)cc2)O1.OB(O)c1ccc(B(O)O)cc1. The summed E-state index contributed by atoms with van der Waals surface area (Å²) in [6.45, 7) is 0.212. The number of likely N-dealkylation sites (tertiary alicyclic amines) is 1. The lowest BCUT2D eigenvalue weighted by molar-refractivity contribution is -0.144. The van der Waals surface area contributed by atoms with Crippen LogP contribution in [0.15, 0.2) is 85.0 Å². The number of fused-ring (bicyclic) bond motifs is 5. The van der Waals surface area contributed by atoms with Crippen molar-refractivity contribution in [1.82, 2.24) is 14.7 Å². The fraction of sp³-hybridized carbons (Fsp3) is 0.351. The van der Waals surface area contributed by atoms with Gasteiger partial charge in [0.2, 0.25) is 11.8 Å². The monoisotopic (exact) mass is 841 g/mol. The van der Waals surface area contributed by atoms with Crippen LogP contribution in [0.1, 0.15) is 0 Å². The molecule has 0 radical (unpaired) electrons. The van der Waals surface area contributed by atoms with Crippen LogP contribution in [0.4, 0.5) is 0 Å². The number of amides is 6. The number of nitrogens with zero attached hydrogens (tertiary/aromatic N) is 3. The van der Waals surface area contributed by atoms with E-state index in [-0.39, 0.29) is 80.5 Å². The highest BCUT2D eigenvalue weighted by Gasteiger charge is 2.60. The van der Waals surface area contributed by atoms with E-state index in [0.29, 0.717) is 10.9 Å². The van der Waals surface area contributed by atoms with Crippen molar-refractivity contribution < 1.29 is 82.4 Å². The van der Waals surface area contributed by atoms with Gasteiger partial charge in [-0.05, 0) is 21.9 Å². The summed E-state index contributed by atoms with van der Waals surface area (Å²) in [7, 11) is -4.25. The van der Waals surface area contributed by atoms with Gasteiger partial charge in [0.1, 0.15) is 0 Å². The predicted octanol–water partition coefficient (Wildman–Crippen LogP) is -6.92. The Balaban J connectivity index is 0.000000161. The van der Waals surface area contributed by atoms with Crippen LogP contribution in [0.2, 0.25) is 0 Å². The highest BCUT2D eigenvalue weighted by molar-refractivity contribution is 6.64. The Morgan fingerprint density at radius 2 is 0.984 bits per heavy atom. The van der Waals surface area contributed by atoms with Crippen molar-refractivity contribution in [3.8, 4) is 0 Å². The Morgan fingerprint density at radius 3 is 1.33 bits per heavy atom. The van der Waals surface area contributed by atoms with Gasteiger partial charge in [-0.1, -0.05) is 60.7 Å². The van der Waals surface area contributed by atoms with Crippen LogP contribution < -0.4 is 21.9 Å². The summed E-state index contributed by atoms with van der Waals surface area (Å²) in [5, 5.41) is 52.8. The largest absolute Gasteiger partial charge is 0.494 e. The predicted molar refractivity (Wildman–Crippen MR) is 211 cm³/mol. The van der Waals surface area contributed by atoms with E-state index in [1.165, 1.54) is 48.6 Å². The van der Waals surface area contributed by atoms with E-state index < -0.39 is 65.2 Å². The summed E-state index contributed by atoms with van der Waals surface area (Å²) in [6.07, 6.45) is 6.08. The molecule has 24 heteroatoms. The summed E-state index contributed by atoms with van der Waals surface area (Å²) in [6, 6.07) is 13.0. The molecule has 0 aliphatic carbocycles. The molecule has 2 bridgehead atoms. The average molecular weight is 841 g/mol. The number of hydrogen-bond acceptors (Lipinski definition) is 17. The minimum atomic E-state index is -1.52. The number of β-amino-alcohol motifs (C(OH)–C–C–N with tert-alkyl or cyclic N) is 1. The van der Waals surface area contributed by atoms with E-state index in [9.17, 15) is 33.9 Å². The average Bonchev–Trinajstić information content (AvgIpc) is 4.15. The molecule has 0 spiro atoms. The van der Waals surface area contributed by atoms with Crippen LogP contribution in [-0.2, 0) is 52.1 Å². The second-order valence-electron chi connectivity index (χ2n) is 14.8. The number of imide groups is 3. The summed E-state index contributed by atoms with van der Waals surface area (Å²) in [4.78, 5) is 74.2. The minimum absolute atomic E-state index is 0.138. The van der Waals surface area contributed by atoms with Crippen LogP contribution >= 0.6 is 0 Å². The maximum atomic E-state index is 12.0. The zero-order valence-electron chi connectivity index (χ0n) is 32.2. The summed E-state index contributed by atoms with van der Waals surface area (Å²) in [5.74, 6) is -2.89. The van der Waals surface area contributed by atoms with Crippen molar-refractivity contribution in [2.24, 2.45) is 11.8 Å². The Kier molecular flexibility index (Phi) is 13.6. The number of aliphatic hydroxyl groups is 2. The van der Waals surface area contributed by atoms with Gasteiger partial charge < -0.3 is 53.7 Å². The highest BCUT2D eigenvalue weighted by Crippen LogP contribution is 2.45. The van der Waals surface area contributed by atoms with E-state index in [1.807, 2.05) is 36.4 Å². The summed E-state index contributed by atoms with van der Waals surface area (Å²) in [5.41, 5.74) is 2.20. The van der Waals surface area contributed by atoms with E-state index in [1.54, 1.807) is 0 Å². The van der Waals surface area contributed by atoms with Crippen LogP contribution in [0.5, 0.6) is 0 Å². The molecule has 20 nitrogen and oxygen atoms in total. The van der Waals surface area contributed by atoms with Crippen molar-refractivity contribution in [2.75, 3.05) is 39.5 Å². The van der Waals surface area contributed by atoms with Crippen molar-refractivity contribution in [3.63, 3.8) is 0 Å². The minimum Gasteiger partial charge on any atom is -0.423 e. The first kappa shape index (κ1) is 44.0. The molecule has 2 aromatic rings. The third kappa shape index (κ3) is 9.69. The first-order valence-corrected chi connectivity index (χ1v) is 19.2. The number of carbonyl (C=O) groups is 6. The molecule has 316 valence electrons. The Labute approximate surface area is 349 Å². The third-order valence-electron chi connectivity index (χ3n) is 10.7. The van der Waals surface area contributed by atoms with Crippen LogP contribution in [0.3, 0.4) is 0 Å². The zero-order chi connectivity index (χ0) is 43.5. The lowest BCUT2D eigenvalue weighted by atomic mass is 9.74. The lowest BCUT2D eigenvalue weighted by Gasteiger charge is -2.19. The van der Waals surface area contributed by atoms with Crippen molar-refractivity contribution in [1.29, 1.82) is 0 Å². The molecule has 7 unspecified atom stereocenters. The van der Waals surface area contributed by atoms with Crippen LogP contribution in [-0.4, -0.2) is 179 Å². The van der Waals surface area contributed by atoms with E-state index >= 15 is 0 Å². The smallest absolute Gasteiger partial charge is 0.423 e. The first-order valence-electron chi connectivity index (χ1n) is 19.2. The Hall–Kier alpha value is -5.10. The summed E-state index contributed by atoms with van der Waals surface area (Å²) >= 11 is 0. The van der Waals surface area contributed by atoms with Gasteiger partial charge in [0, 0.05) is 24.3 Å². The molecule has 4 fully saturated rings. The van der Waals surface area contributed by atoms with E-state index in [2.05, 4.69) is 0 Å². The molecule has 0 saturated carbocycles. The molecule has 0 aromatic heterocycles. The van der Waals surface area contributed by atoms with Crippen molar-refractivity contribution in [2.45, 2.75) is 30.5 Å². The summed E-state index contributed by atoms with van der Waals surface area (Å²) < 4.78 is 28.5.